The summed E-state index contributed by atoms with van der Waals surface area (Å²) in [7, 11) is 1.84. The number of nitrogens with zero attached hydrogens (tertiary/aromatic N) is 2. The van der Waals surface area contributed by atoms with E-state index in [1.54, 1.807) is 11.1 Å². The van der Waals surface area contributed by atoms with Gasteiger partial charge in [0.15, 0.2) is 0 Å². The molecule has 1 aromatic heterocycles. The minimum Gasteiger partial charge on any atom is -0.345 e. The number of likely N-dealkylation sites (N-methyl/N-ethyl adjacent to an activating group) is 1. The van der Waals surface area contributed by atoms with Crippen LogP contribution in [0.4, 0.5) is 0 Å². The van der Waals surface area contributed by atoms with Crippen LogP contribution in [0.15, 0.2) is 53.1 Å². The lowest BCUT2D eigenvalue weighted by Crippen LogP contribution is -2.30. The Morgan fingerprint density at radius 2 is 1.95 bits per heavy atom. The van der Waals surface area contributed by atoms with Gasteiger partial charge in [0.2, 0.25) is 5.91 Å². The summed E-state index contributed by atoms with van der Waals surface area (Å²) in [5.74, 6) is 0.118. The second kappa shape index (κ2) is 7.20. The van der Waals surface area contributed by atoms with Gasteiger partial charge in [-0.2, -0.15) is 0 Å². The zero-order chi connectivity index (χ0) is 14.4. The van der Waals surface area contributed by atoms with Gasteiger partial charge in [-0.25, -0.2) is 0 Å². The van der Waals surface area contributed by atoms with E-state index in [0.717, 1.165) is 22.2 Å². The molecule has 0 unspecified atom stereocenters. The standard InChI is InChI=1S/C16H17BrN2O/c1-19(11-9-14-7-4-5-10-18-14)16(20)12-13-6-2-3-8-15(13)17/h2-8,10H,9,11-12H2,1H3. The normalized spacial score (nSPS) is 10.3. The predicted octanol–water partition coefficient (Wildman–Crippen LogP) is 3.09. The van der Waals surface area contributed by atoms with Crippen LogP contribution < -0.4 is 0 Å². The van der Waals surface area contributed by atoms with E-state index in [-0.39, 0.29) is 5.91 Å². The maximum Gasteiger partial charge on any atom is 0.226 e. The Bertz CT molecular complexity index is 572. The molecule has 2 rings (SSSR count). The number of benzene rings is 1. The summed E-state index contributed by atoms with van der Waals surface area (Å²) in [6.45, 7) is 0.681. The van der Waals surface area contributed by atoms with Crippen molar-refractivity contribution in [1.29, 1.82) is 0 Å². The molecule has 0 fully saturated rings. The summed E-state index contributed by atoms with van der Waals surface area (Å²) in [6, 6.07) is 13.7. The second-order valence-electron chi connectivity index (χ2n) is 4.65. The maximum absolute atomic E-state index is 12.2. The summed E-state index contributed by atoms with van der Waals surface area (Å²) in [5, 5.41) is 0. The summed E-state index contributed by atoms with van der Waals surface area (Å²) >= 11 is 3.47. The third-order valence-electron chi connectivity index (χ3n) is 3.15. The molecule has 0 atom stereocenters. The molecule has 2 aromatic rings. The summed E-state index contributed by atoms with van der Waals surface area (Å²) in [6.07, 6.45) is 2.97. The largest absolute Gasteiger partial charge is 0.345 e. The number of aromatic nitrogens is 1. The van der Waals surface area contributed by atoms with Gasteiger partial charge in [-0.1, -0.05) is 40.2 Å². The number of carbonyl (C=O) groups is 1. The summed E-state index contributed by atoms with van der Waals surface area (Å²) in [4.78, 5) is 18.2. The third kappa shape index (κ3) is 4.17. The SMILES string of the molecule is CN(CCc1ccccn1)C(=O)Cc1ccccc1Br. The molecule has 0 saturated carbocycles. The Morgan fingerprint density at radius 1 is 1.20 bits per heavy atom. The monoisotopic (exact) mass is 332 g/mol. The number of halogens is 1. The van der Waals surface area contributed by atoms with E-state index < -0.39 is 0 Å². The van der Waals surface area contributed by atoms with Crippen molar-refractivity contribution in [3.8, 4) is 0 Å². The summed E-state index contributed by atoms with van der Waals surface area (Å²) < 4.78 is 0.978. The average molecular weight is 333 g/mol. The first-order valence-electron chi connectivity index (χ1n) is 6.54. The zero-order valence-electron chi connectivity index (χ0n) is 11.4. The van der Waals surface area contributed by atoms with Gasteiger partial charge >= 0.3 is 0 Å². The highest BCUT2D eigenvalue weighted by atomic mass is 79.9. The number of rotatable bonds is 5. The van der Waals surface area contributed by atoms with Crippen molar-refractivity contribution in [1.82, 2.24) is 9.88 Å². The zero-order valence-corrected chi connectivity index (χ0v) is 13.0. The smallest absolute Gasteiger partial charge is 0.226 e. The molecule has 0 aliphatic heterocycles. The lowest BCUT2D eigenvalue weighted by Gasteiger charge is -2.17. The molecule has 0 bridgehead atoms. The highest BCUT2D eigenvalue weighted by Gasteiger charge is 2.11. The molecule has 1 amide bonds. The predicted molar refractivity (Wildman–Crippen MR) is 83.4 cm³/mol. The Labute approximate surface area is 127 Å². The van der Waals surface area contributed by atoms with Crippen molar-refractivity contribution in [3.63, 3.8) is 0 Å². The molecule has 0 N–H and O–H groups in total. The van der Waals surface area contributed by atoms with Gasteiger partial charge in [0.1, 0.15) is 0 Å². The van der Waals surface area contributed by atoms with Crippen LogP contribution in [-0.4, -0.2) is 29.4 Å². The Balaban J connectivity index is 1.88. The number of hydrogen-bond acceptors (Lipinski definition) is 2. The van der Waals surface area contributed by atoms with Crippen molar-refractivity contribution in [2.24, 2.45) is 0 Å². The van der Waals surface area contributed by atoms with Gasteiger partial charge in [-0.15, -0.1) is 0 Å². The Kier molecular flexibility index (Phi) is 5.30. The van der Waals surface area contributed by atoms with Gasteiger partial charge in [0.05, 0.1) is 6.42 Å². The van der Waals surface area contributed by atoms with Crippen LogP contribution in [-0.2, 0) is 17.6 Å². The molecule has 0 spiro atoms. The van der Waals surface area contributed by atoms with Crippen LogP contribution in [0.2, 0.25) is 0 Å². The molecule has 0 radical (unpaired) electrons. The lowest BCUT2D eigenvalue weighted by molar-refractivity contribution is -0.129. The molecule has 4 heteroatoms. The molecule has 1 aromatic carbocycles. The maximum atomic E-state index is 12.2. The fourth-order valence-corrected chi connectivity index (χ4v) is 2.32. The molecule has 104 valence electrons. The number of amides is 1. The van der Waals surface area contributed by atoms with E-state index in [1.807, 2.05) is 49.5 Å². The first-order chi connectivity index (χ1) is 9.66. The van der Waals surface area contributed by atoms with Crippen LogP contribution in [0.3, 0.4) is 0 Å². The minimum atomic E-state index is 0.118. The first kappa shape index (κ1) is 14.7. The highest BCUT2D eigenvalue weighted by Crippen LogP contribution is 2.16. The second-order valence-corrected chi connectivity index (χ2v) is 5.51. The molecule has 20 heavy (non-hydrogen) atoms. The highest BCUT2D eigenvalue weighted by molar-refractivity contribution is 9.10. The fraction of sp³-hybridized carbons (Fsp3) is 0.250. The minimum absolute atomic E-state index is 0.118. The molecule has 0 saturated heterocycles. The van der Waals surface area contributed by atoms with Gasteiger partial charge in [0.25, 0.3) is 0 Å². The molecular formula is C16H17BrN2O. The summed E-state index contributed by atoms with van der Waals surface area (Å²) in [5.41, 5.74) is 2.02. The van der Waals surface area contributed by atoms with Crippen LogP contribution in [0.1, 0.15) is 11.3 Å². The van der Waals surface area contributed by atoms with E-state index in [1.165, 1.54) is 0 Å². The molecular weight excluding hydrogens is 316 g/mol. The Morgan fingerprint density at radius 3 is 2.65 bits per heavy atom. The van der Waals surface area contributed by atoms with Gasteiger partial charge < -0.3 is 4.90 Å². The van der Waals surface area contributed by atoms with Crippen molar-refractivity contribution in [3.05, 3.63) is 64.4 Å². The molecule has 1 heterocycles. The van der Waals surface area contributed by atoms with Gasteiger partial charge in [0, 0.05) is 36.4 Å². The Hall–Kier alpha value is -1.68. The fourth-order valence-electron chi connectivity index (χ4n) is 1.89. The van der Waals surface area contributed by atoms with Gasteiger partial charge in [-0.05, 0) is 23.8 Å². The van der Waals surface area contributed by atoms with Crippen molar-refractivity contribution >= 4 is 21.8 Å². The number of hydrogen-bond donors (Lipinski definition) is 0. The molecule has 0 aliphatic rings. The van der Waals surface area contributed by atoms with Crippen LogP contribution in [0, 0.1) is 0 Å². The van der Waals surface area contributed by atoms with E-state index in [0.29, 0.717) is 13.0 Å². The quantitative estimate of drug-likeness (QED) is 0.842. The van der Waals surface area contributed by atoms with E-state index in [9.17, 15) is 4.79 Å². The van der Waals surface area contributed by atoms with Crippen molar-refractivity contribution in [2.75, 3.05) is 13.6 Å². The number of pyridine rings is 1. The third-order valence-corrected chi connectivity index (χ3v) is 3.93. The topological polar surface area (TPSA) is 33.2 Å². The van der Waals surface area contributed by atoms with Crippen LogP contribution >= 0.6 is 15.9 Å². The lowest BCUT2D eigenvalue weighted by atomic mass is 10.1. The molecule has 0 aliphatic carbocycles. The van der Waals surface area contributed by atoms with E-state index in [4.69, 9.17) is 0 Å². The van der Waals surface area contributed by atoms with Gasteiger partial charge in [-0.3, -0.25) is 9.78 Å². The van der Waals surface area contributed by atoms with Crippen LogP contribution in [0.5, 0.6) is 0 Å². The molecule has 3 nitrogen and oxygen atoms in total. The number of carbonyl (C=O) groups excluding carboxylic acids is 1. The van der Waals surface area contributed by atoms with Crippen LogP contribution in [0.25, 0.3) is 0 Å². The van der Waals surface area contributed by atoms with E-state index in [2.05, 4.69) is 20.9 Å². The average Bonchev–Trinajstić information content (AvgIpc) is 2.48. The first-order valence-corrected chi connectivity index (χ1v) is 7.33. The van der Waals surface area contributed by atoms with Crippen molar-refractivity contribution in [2.45, 2.75) is 12.8 Å². The van der Waals surface area contributed by atoms with E-state index >= 15 is 0 Å². The van der Waals surface area contributed by atoms with Crippen molar-refractivity contribution < 1.29 is 4.79 Å².